The number of methoxy groups -OCH3 is 2. The van der Waals surface area contributed by atoms with Gasteiger partial charge in [0.15, 0.2) is 17.2 Å². The zero-order valence-electron chi connectivity index (χ0n) is 24.0. The van der Waals surface area contributed by atoms with Gasteiger partial charge in [-0.2, -0.15) is 0 Å². The molecule has 0 saturated heterocycles. The Bertz CT molecular complexity index is 2440. The van der Waals surface area contributed by atoms with Crippen molar-refractivity contribution in [1.82, 2.24) is 28.9 Å². The molecule has 4 N–H and O–H groups in total. The molecule has 15 nitrogen and oxygen atoms in total. The highest BCUT2D eigenvalue weighted by Gasteiger charge is 2.31. The lowest BCUT2D eigenvalue weighted by Gasteiger charge is -2.05. The first-order valence-electron chi connectivity index (χ1n) is 13.1. The number of rotatable bonds is 3. The number of ketones is 1. The van der Waals surface area contributed by atoms with Gasteiger partial charge in [0.1, 0.15) is 22.8 Å². The number of aromatic nitrogens is 6. The summed E-state index contributed by atoms with van der Waals surface area (Å²) in [6, 6.07) is 16.9. The molecule has 1 aliphatic rings. The van der Waals surface area contributed by atoms with Gasteiger partial charge < -0.3 is 19.7 Å². The first kappa shape index (κ1) is 31.4. The van der Waals surface area contributed by atoms with Gasteiger partial charge in [-0.05, 0) is 65.8 Å². The molecule has 8 rings (SSSR count). The van der Waals surface area contributed by atoms with E-state index in [-0.39, 0.29) is 46.5 Å². The molecule has 232 valence electrons. The number of carbonyl (C=O) groups is 1. The third-order valence-corrected chi connectivity index (χ3v) is 7.25. The molecule has 5 aromatic heterocycles. The van der Waals surface area contributed by atoms with Gasteiger partial charge in [0, 0.05) is 17.8 Å². The average Bonchev–Trinajstić information content (AvgIpc) is 3.56. The van der Waals surface area contributed by atoms with Crippen LogP contribution in [0.15, 0.2) is 87.8 Å². The van der Waals surface area contributed by atoms with Gasteiger partial charge in [0.25, 0.3) is 11.1 Å². The molecule has 16 heteroatoms. The van der Waals surface area contributed by atoms with Crippen LogP contribution in [0.5, 0.6) is 11.5 Å². The van der Waals surface area contributed by atoms with Gasteiger partial charge in [-0.15, -0.1) is 17.3 Å². The third kappa shape index (κ3) is 4.80. The van der Waals surface area contributed by atoms with E-state index in [0.29, 0.717) is 55.7 Å². The van der Waals surface area contributed by atoms with Crippen LogP contribution in [-0.4, -0.2) is 54.1 Å². The zero-order chi connectivity index (χ0) is 31.8. The quantitative estimate of drug-likeness (QED) is 0.186. The summed E-state index contributed by atoms with van der Waals surface area (Å²) in [5.41, 5.74) is 2.18. The minimum absolute atomic E-state index is 0. The molecule has 0 aliphatic carbocycles. The Morgan fingerprint density at radius 1 is 0.848 bits per heavy atom. The van der Waals surface area contributed by atoms with Crippen LogP contribution in [0, 0.1) is 4.91 Å². The van der Waals surface area contributed by atoms with Gasteiger partial charge >= 0.3 is 0 Å². The van der Waals surface area contributed by atoms with Crippen LogP contribution in [0.2, 0.25) is 0 Å². The Labute approximate surface area is 263 Å². The number of nitrogens with zero attached hydrogens (tertiary/aromatic N) is 6. The van der Waals surface area contributed by atoms with Crippen LogP contribution in [0.3, 0.4) is 0 Å². The molecular formula is C30H23ClN8O7. The average molecular weight is 643 g/mol. The van der Waals surface area contributed by atoms with E-state index in [0.717, 1.165) is 0 Å². The summed E-state index contributed by atoms with van der Waals surface area (Å²) in [6.07, 6.45) is 3.12. The summed E-state index contributed by atoms with van der Waals surface area (Å²) < 4.78 is 13.1. The molecule has 46 heavy (non-hydrogen) atoms. The molecular weight excluding hydrogens is 620 g/mol. The molecule has 1 aliphatic heterocycles. The molecule has 0 atom stereocenters. The second-order valence-electron chi connectivity index (χ2n) is 9.50. The second-order valence-corrected chi connectivity index (χ2v) is 9.50. The SMILES string of the molecule is COc1ccc2c(c1)C(=O)c1nc3ncccc3c(=O)n1-2.COc1ccc2c(c1)c(N=O)c1[nH]c3ncccc3c(=O)n12.Cl.NO. The van der Waals surface area contributed by atoms with Crippen molar-refractivity contribution in [3.8, 4) is 17.2 Å². The van der Waals surface area contributed by atoms with Crippen LogP contribution >= 0.6 is 12.4 Å². The van der Waals surface area contributed by atoms with Crippen molar-refractivity contribution < 1.29 is 19.5 Å². The van der Waals surface area contributed by atoms with Crippen molar-refractivity contribution in [2.75, 3.05) is 14.2 Å². The normalized spacial score (nSPS) is 11.2. The number of pyridine rings is 2. The number of aromatic amines is 1. The van der Waals surface area contributed by atoms with Crippen molar-refractivity contribution in [3.05, 3.63) is 110 Å². The van der Waals surface area contributed by atoms with Crippen molar-refractivity contribution in [2.24, 2.45) is 11.1 Å². The Morgan fingerprint density at radius 2 is 1.52 bits per heavy atom. The lowest BCUT2D eigenvalue weighted by molar-refractivity contribution is 0.103. The Hall–Kier alpha value is -6.03. The maximum absolute atomic E-state index is 12.7. The third-order valence-electron chi connectivity index (χ3n) is 7.25. The molecule has 7 aromatic rings. The summed E-state index contributed by atoms with van der Waals surface area (Å²) in [6.45, 7) is 0. The number of hydrogen-bond acceptors (Lipinski definition) is 12. The van der Waals surface area contributed by atoms with Gasteiger partial charge in [0.2, 0.25) is 5.78 Å². The van der Waals surface area contributed by atoms with E-state index in [1.807, 2.05) is 0 Å². The zero-order valence-corrected chi connectivity index (χ0v) is 24.8. The number of nitroso groups, excluding NO2 is 1. The van der Waals surface area contributed by atoms with Crippen molar-refractivity contribution in [2.45, 2.75) is 0 Å². The summed E-state index contributed by atoms with van der Waals surface area (Å²) >= 11 is 0. The van der Waals surface area contributed by atoms with E-state index in [1.165, 1.54) is 23.2 Å². The fourth-order valence-corrected chi connectivity index (χ4v) is 5.24. The summed E-state index contributed by atoms with van der Waals surface area (Å²) in [5.74, 6) is 4.44. The van der Waals surface area contributed by atoms with Crippen LogP contribution in [0.4, 0.5) is 5.69 Å². The van der Waals surface area contributed by atoms with E-state index in [1.54, 1.807) is 73.1 Å². The molecule has 0 unspecified atom stereocenters. The first-order valence-corrected chi connectivity index (χ1v) is 13.1. The number of benzene rings is 2. The van der Waals surface area contributed by atoms with Crippen LogP contribution in [-0.2, 0) is 0 Å². The number of ether oxygens (including phenoxy) is 2. The summed E-state index contributed by atoms with van der Waals surface area (Å²) in [7, 11) is 3.06. The van der Waals surface area contributed by atoms with E-state index >= 15 is 0 Å². The predicted molar refractivity (Wildman–Crippen MR) is 171 cm³/mol. The predicted octanol–water partition coefficient (Wildman–Crippen LogP) is 3.83. The Balaban J connectivity index is 0.000000169. The van der Waals surface area contributed by atoms with E-state index < -0.39 is 0 Å². The molecule has 0 amide bonds. The Kier molecular flexibility index (Phi) is 8.55. The minimum atomic E-state index is -0.298. The molecule has 0 spiro atoms. The standard InChI is InChI=1S/C15H10N4O3.C15H9N3O3.ClH.H3NO/c1-22-8-4-5-11-10(7-8)12(18-21)14-17-13-9(3-2-6-16-13)15(20)19(11)14;1-21-8-4-5-11-10(7-8)12(19)14-17-13-9(3-2-6-16-13)15(20)18(11)14;;1-2/h2-7H,1H3,(H,16,17);2-7H,1H3;1H;2H,1H2. The highest BCUT2D eigenvalue weighted by Crippen LogP contribution is 2.34. The van der Waals surface area contributed by atoms with E-state index in [2.05, 4.69) is 31.0 Å². The lowest BCUT2D eigenvalue weighted by atomic mass is 10.1. The number of H-pyrrole nitrogens is 1. The number of carbonyl (C=O) groups excluding carboxylic acids is 1. The lowest BCUT2D eigenvalue weighted by Crippen LogP contribution is -2.21. The molecule has 0 radical (unpaired) electrons. The fraction of sp³-hybridized carbons (Fsp3) is 0.0667. The smallest absolute Gasteiger partial charge is 0.267 e. The summed E-state index contributed by atoms with van der Waals surface area (Å²) in [5, 5.41) is 11.0. The number of nitrogens with two attached hydrogens (primary N) is 1. The fourth-order valence-electron chi connectivity index (χ4n) is 5.24. The van der Waals surface area contributed by atoms with Crippen molar-refractivity contribution in [3.63, 3.8) is 0 Å². The largest absolute Gasteiger partial charge is 0.497 e. The Morgan fingerprint density at radius 3 is 2.24 bits per heavy atom. The van der Waals surface area contributed by atoms with Crippen LogP contribution in [0.1, 0.15) is 16.2 Å². The van der Waals surface area contributed by atoms with Gasteiger partial charge in [-0.25, -0.2) is 20.8 Å². The monoisotopic (exact) mass is 642 g/mol. The topological polar surface area (TPSA) is 209 Å². The maximum Gasteiger partial charge on any atom is 0.267 e. The maximum atomic E-state index is 12.7. The van der Waals surface area contributed by atoms with Crippen LogP contribution in [0.25, 0.3) is 44.3 Å². The molecule has 0 fully saturated rings. The molecule has 2 aromatic carbocycles. The highest BCUT2D eigenvalue weighted by atomic mass is 35.5. The number of hydrogen-bond donors (Lipinski definition) is 3. The van der Waals surface area contributed by atoms with Crippen molar-refractivity contribution >= 4 is 62.5 Å². The molecule has 0 bridgehead atoms. The molecule has 6 heterocycles. The number of fused-ring (bicyclic) bond motifs is 8. The number of halogens is 1. The van der Waals surface area contributed by atoms with Gasteiger partial charge in [-0.1, -0.05) is 0 Å². The highest BCUT2D eigenvalue weighted by molar-refractivity contribution is 6.13. The molecule has 0 saturated carbocycles. The summed E-state index contributed by atoms with van der Waals surface area (Å²) in [4.78, 5) is 64.5. The minimum Gasteiger partial charge on any atom is -0.497 e. The van der Waals surface area contributed by atoms with E-state index in [9.17, 15) is 19.3 Å². The van der Waals surface area contributed by atoms with Gasteiger partial charge in [-0.3, -0.25) is 23.4 Å². The van der Waals surface area contributed by atoms with Crippen molar-refractivity contribution in [1.29, 1.82) is 0 Å². The second kappa shape index (κ2) is 12.5. The number of nitrogens with one attached hydrogen (secondary N) is 1. The van der Waals surface area contributed by atoms with Gasteiger partial charge in [0.05, 0.1) is 41.8 Å². The van der Waals surface area contributed by atoms with Crippen LogP contribution < -0.4 is 26.5 Å². The van der Waals surface area contributed by atoms with E-state index in [4.69, 9.17) is 14.7 Å². The first-order chi connectivity index (χ1) is 21.9.